The van der Waals surface area contributed by atoms with Gasteiger partial charge in [-0.2, -0.15) is 0 Å². The van der Waals surface area contributed by atoms with Crippen molar-refractivity contribution in [2.24, 2.45) is 11.8 Å². The Morgan fingerprint density at radius 3 is 2.32 bits per heavy atom. The minimum atomic E-state index is 0.260. The molecule has 0 bridgehead atoms. The number of nitrogens with one attached hydrogen (secondary N) is 1. The van der Waals surface area contributed by atoms with Gasteiger partial charge in [-0.25, -0.2) is 0 Å². The average molecular weight is 267 g/mol. The first-order valence-electron chi connectivity index (χ1n) is 8.41. The van der Waals surface area contributed by atoms with Crippen molar-refractivity contribution >= 4 is 0 Å². The maximum Gasteiger partial charge on any atom is 0.0576 e. The molecule has 0 aromatic carbocycles. The van der Waals surface area contributed by atoms with Crippen LogP contribution in [0.1, 0.15) is 72.1 Å². The average Bonchev–Trinajstić information content (AvgIpc) is 2.87. The Bertz CT molecular complexity index is 252. The molecule has 2 aliphatic rings. The first-order chi connectivity index (χ1) is 9.04. The zero-order valence-corrected chi connectivity index (χ0v) is 13.2. The van der Waals surface area contributed by atoms with E-state index in [0.29, 0.717) is 6.10 Å². The van der Waals surface area contributed by atoms with Crippen LogP contribution < -0.4 is 5.32 Å². The van der Waals surface area contributed by atoms with Crippen molar-refractivity contribution in [3.05, 3.63) is 0 Å². The molecule has 2 fully saturated rings. The van der Waals surface area contributed by atoms with Gasteiger partial charge < -0.3 is 10.1 Å². The highest BCUT2D eigenvalue weighted by molar-refractivity contribution is 4.81. The molecule has 0 aromatic rings. The van der Waals surface area contributed by atoms with Crippen molar-refractivity contribution in [3.8, 4) is 0 Å². The van der Waals surface area contributed by atoms with Crippen molar-refractivity contribution in [2.75, 3.05) is 13.2 Å². The van der Waals surface area contributed by atoms with E-state index in [1.807, 2.05) is 0 Å². The summed E-state index contributed by atoms with van der Waals surface area (Å²) in [4.78, 5) is 0. The van der Waals surface area contributed by atoms with E-state index < -0.39 is 0 Å². The van der Waals surface area contributed by atoms with Crippen LogP contribution in [0.4, 0.5) is 0 Å². The molecule has 2 rings (SSSR count). The van der Waals surface area contributed by atoms with Gasteiger partial charge in [0.2, 0.25) is 0 Å². The van der Waals surface area contributed by atoms with Crippen molar-refractivity contribution in [1.29, 1.82) is 0 Å². The van der Waals surface area contributed by atoms with Gasteiger partial charge in [-0.3, -0.25) is 0 Å². The predicted molar refractivity (Wildman–Crippen MR) is 81.4 cm³/mol. The standard InChI is InChI=1S/C17H33NO/c1-17(2,3)18-13-15-8-5-4-7-14(15)10-11-16-9-6-12-19-16/h14-16,18H,4-13H2,1-3H3. The van der Waals surface area contributed by atoms with Gasteiger partial charge in [0.1, 0.15) is 0 Å². The highest BCUT2D eigenvalue weighted by Gasteiger charge is 2.27. The van der Waals surface area contributed by atoms with Crippen molar-refractivity contribution < 1.29 is 4.74 Å². The monoisotopic (exact) mass is 267 g/mol. The summed E-state index contributed by atoms with van der Waals surface area (Å²) < 4.78 is 5.78. The molecule has 3 atom stereocenters. The van der Waals surface area contributed by atoms with Crippen LogP contribution >= 0.6 is 0 Å². The lowest BCUT2D eigenvalue weighted by Gasteiger charge is -2.34. The Labute approximate surface area is 119 Å². The smallest absolute Gasteiger partial charge is 0.0576 e. The number of hydrogen-bond acceptors (Lipinski definition) is 2. The van der Waals surface area contributed by atoms with Crippen molar-refractivity contribution in [3.63, 3.8) is 0 Å². The first kappa shape index (κ1) is 15.3. The fraction of sp³-hybridized carbons (Fsp3) is 1.00. The zero-order chi connectivity index (χ0) is 13.7. The summed E-state index contributed by atoms with van der Waals surface area (Å²) >= 11 is 0. The summed E-state index contributed by atoms with van der Waals surface area (Å²) in [6.45, 7) is 9.04. The molecule has 1 saturated carbocycles. The lowest BCUT2D eigenvalue weighted by Crippen LogP contribution is -2.41. The molecule has 0 spiro atoms. The maximum atomic E-state index is 5.78. The van der Waals surface area contributed by atoms with Gasteiger partial charge in [0.15, 0.2) is 0 Å². The third-order valence-corrected chi connectivity index (χ3v) is 4.84. The van der Waals surface area contributed by atoms with E-state index in [4.69, 9.17) is 4.74 Å². The number of hydrogen-bond donors (Lipinski definition) is 1. The second-order valence-corrected chi connectivity index (χ2v) is 7.65. The number of rotatable bonds is 5. The van der Waals surface area contributed by atoms with Gasteiger partial charge in [0.05, 0.1) is 6.10 Å². The second-order valence-electron chi connectivity index (χ2n) is 7.65. The lowest BCUT2D eigenvalue weighted by atomic mass is 9.76. The van der Waals surface area contributed by atoms with Crippen LogP contribution in [0.15, 0.2) is 0 Å². The van der Waals surface area contributed by atoms with E-state index in [1.165, 1.54) is 57.9 Å². The fourth-order valence-corrected chi connectivity index (χ4v) is 3.64. The molecule has 1 saturated heterocycles. The molecule has 112 valence electrons. The number of ether oxygens (including phenoxy) is 1. The molecule has 0 aromatic heterocycles. The first-order valence-corrected chi connectivity index (χ1v) is 8.41. The van der Waals surface area contributed by atoms with Crippen LogP contribution in [-0.4, -0.2) is 24.8 Å². The molecule has 1 aliphatic carbocycles. The Morgan fingerprint density at radius 1 is 0.947 bits per heavy atom. The third kappa shape index (κ3) is 5.43. The Balaban J connectivity index is 1.74. The van der Waals surface area contributed by atoms with Crippen LogP contribution in [-0.2, 0) is 4.74 Å². The summed E-state index contributed by atoms with van der Waals surface area (Å²) in [5.74, 6) is 1.84. The van der Waals surface area contributed by atoms with Gasteiger partial charge in [0.25, 0.3) is 0 Å². The van der Waals surface area contributed by atoms with Crippen molar-refractivity contribution in [2.45, 2.75) is 83.8 Å². The van der Waals surface area contributed by atoms with Gasteiger partial charge in [-0.15, -0.1) is 0 Å². The third-order valence-electron chi connectivity index (χ3n) is 4.84. The normalized spacial score (nSPS) is 32.7. The lowest BCUT2D eigenvalue weighted by molar-refractivity contribution is 0.0891. The molecule has 19 heavy (non-hydrogen) atoms. The van der Waals surface area contributed by atoms with Gasteiger partial charge >= 0.3 is 0 Å². The van der Waals surface area contributed by atoms with E-state index in [9.17, 15) is 0 Å². The molecular weight excluding hydrogens is 234 g/mol. The van der Waals surface area contributed by atoms with Gasteiger partial charge in [-0.1, -0.05) is 19.3 Å². The Kier molecular flexibility index (Phi) is 5.70. The van der Waals surface area contributed by atoms with E-state index >= 15 is 0 Å². The van der Waals surface area contributed by atoms with E-state index in [0.717, 1.165) is 18.4 Å². The fourth-order valence-electron chi connectivity index (χ4n) is 3.64. The quantitative estimate of drug-likeness (QED) is 0.808. The van der Waals surface area contributed by atoms with Crippen LogP contribution in [0.5, 0.6) is 0 Å². The molecular formula is C17H33NO. The van der Waals surface area contributed by atoms with E-state index in [-0.39, 0.29) is 5.54 Å². The second kappa shape index (κ2) is 7.08. The van der Waals surface area contributed by atoms with E-state index in [1.54, 1.807) is 0 Å². The molecule has 0 radical (unpaired) electrons. The molecule has 1 N–H and O–H groups in total. The van der Waals surface area contributed by atoms with Gasteiger partial charge in [-0.05, 0) is 71.3 Å². The van der Waals surface area contributed by atoms with Crippen LogP contribution in [0.3, 0.4) is 0 Å². The predicted octanol–water partition coefficient (Wildman–Crippen LogP) is 4.14. The summed E-state index contributed by atoms with van der Waals surface area (Å²) in [6.07, 6.45) is 11.6. The summed E-state index contributed by atoms with van der Waals surface area (Å²) in [7, 11) is 0. The maximum absolute atomic E-state index is 5.78. The highest BCUT2D eigenvalue weighted by atomic mass is 16.5. The minimum absolute atomic E-state index is 0.260. The molecule has 0 amide bonds. The molecule has 2 heteroatoms. The van der Waals surface area contributed by atoms with Crippen molar-refractivity contribution in [1.82, 2.24) is 5.32 Å². The summed E-state index contributed by atoms with van der Waals surface area (Å²) in [5, 5.41) is 3.72. The van der Waals surface area contributed by atoms with Crippen LogP contribution in [0.2, 0.25) is 0 Å². The summed E-state index contributed by atoms with van der Waals surface area (Å²) in [6, 6.07) is 0. The molecule has 1 aliphatic heterocycles. The van der Waals surface area contributed by atoms with E-state index in [2.05, 4.69) is 26.1 Å². The molecule has 2 nitrogen and oxygen atoms in total. The minimum Gasteiger partial charge on any atom is -0.378 e. The molecule has 1 heterocycles. The Hall–Kier alpha value is -0.0800. The summed E-state index contributed by atoms with van der Waals surface area (Å²) in [5.41, 5.74) is 0.260. The topological polar surface area (TPSA) is 21.3 Å². The zero-order valence-electron chi connectivity index (χ0n) is 13.2. The van der Waals surface area contributed by atoms with Crippen LogP contribution in [0, 0.1) is 11.8 Å². The SMILES string of the molecule is CC(C)(C)NCC1CCCCC1CCC1CCCO1. The molecule has 3 unspecified atom stereocenters. The highest BCUT2D eigenvalue weighted by Crippen LogP contribution is 2.34. The Morgan fingerprint density at radius 2 is 1.68 bits per heavy atom. The van der Waals surface area contributed by atoms with Crippen LogP contribution in [0.25, 0.3) is 0 Å². The van der Waals surface area contributed by atoms with Gasteiger partial charge in [0, 0.05) is 12.1 Å². The largest absolute Gasteiger partial charge is 0.378 e.